The summed E-state index contributed by atoms with van der Waals surface area (Å²) >= 11 is 15.0. The monoisotopic (exact) mass is 454 g/mol. The van der Waals surface area contributed by atoms with Crippen molar-refractivity contribution >= 4 is 56.4 Å². The number of nitrogens with zero attached hydrogens (tertiary/aromatic N) is 4. The van der Waals surface area contributed by atoms with Crippen LogP contribution in [0, 0.1) is 0 Å². The van der Waals surface area contributed by atoms with Crippen molar-refractivity contribution in [3.05, 3.63) is 57.9 Å². The Kier molecular flexibility index (Phi) is 6.25. The SMILES string of the molecule is COCn1cc(NC(=S)Nc2nn(Cc3ccccc3Cl)cc2Br)cn1. The summed E-state index contributed by atoms with van der Waals surface area (Å²) in [6, 6.07) is 7.67. The number of thiocarbonyl (C=S) groups is 1. The highest BCUT2D eigenvalue weighted by Gasteiger charge is 2.10. The first-order chi connectivity index (χ1) is 12.5. The molecule has 0 aliphatic rings. The molecule has 0 aliphatic heterocycles. The number of ether oxygens (including phenoxy) is 1. The lowest BCUT2D eigenvalue weighted by Crippen LogP contribution is -2.19. The van der Waals surface area contributed by atoms with Crippen molar-refractivity contribution in [1.82, 2.24) is 19.6 Å². The van der Waals surface area contributed by atoms with Gasteiger partial charge in [0.05, 0.1) is 29.1 Å². The summed E-state index contributed by atoms with van der Waals surface area (Å²) in [6.45, 7) is 0.934. The van der Waals surface area contributed by atoms with E-state index in [0.717, 1.165) is 15.7 Å². The molecule has 0 fully saturated rings. The van der Waals surface area contributed by atoms with Gasteiger partial charge in [0, 0.05) is 18.3 Å². The fourth-order valence-electron chi connectivity index (χ4n) is 2.26. The summed E-state index contributed by atoms with van der Waals surface area (Å²) in [5.41, 5.74) is 1.74. The molecule has 0 amide bonds. The molecule has 0 atom stereocenters. The lowest BCUT2D eigenvalue weighted by Gasteiger charge is -2.07. The van der Waals surface area contributed by atoms with E-state index in [1.54, 1.807) is 28.9 Å². The number of rotatable bonds is 6. The molecule has 0 bridgehead atoms. The van der Waals surface area contributed by atoms with Crippen molar-refractivity contribution in [2.24, 2.45) is 0 Å². The van der Waals surface area contributed by atoms with Crippen LogP contribution in [0.3, 0.4) is 0 Å². The first kappa shape index (κ1) is 18.8. The maximum absolute atomic E-state index is 6.20. The predicted molar refractivity (Wildman–Crippen MR) is 110 cm³/mol. The third-order valence-corrected chi connectivity index (χ3v) is 4.54. The quantitative estimate of drug-likeness (QED) is 0.549. The van der Waals surface area contributed by atoms with Crippen molar-refractivity contribution < 1.29 is 4.74 Å². The van der Waals surface area contributed by atoms with Gasteiger partial charge in [0.1, 0.15) is 6.73 Å². The van der Waals surface area contributed by atoms with Crippen molar-refractivity contribution in [2.75, 3.05) is 17.7 Å². The lowest BCUT2D eigenvalue weighted by molar-refractivity contribution is 0.120. The molecule has 7 nitrogen and oxygen atoms in total. The van der Waals surface area contributed by atoms with Crippen molar-refractivity contribution in [1.29, 1.82) is 0 Å². The molecule has 0 spiro atoms. The van der Waals surface area contributed by atoms with Crippen LogP contribution in [-0.2, 0) is 18.0 Å². The average Bonchev–Trinajstić information content (AvgIpc) is 3.17. The van der Waals surface area contributed by atoms with Gasteiger partial charge in [-0.2, -0.15) is 10.2 Å². The maximum atomic E-state index is 6.20. The Balaban J connectivity index is 1.63. The lowest BCUT2D eigenvalue weighted by atomic mass is 10.2. The Hall–Kier alpha value is -1.94. The van der Waals surface area contributed by atoms with E-state index in [4.69, 9.17) is 28.6 Å². The van der Waals surface area contributed by atoms with Crippen LogP contribution < -0.4 is 10.6 Å². The molecule has 0 saturated heterocycles. The van der Waals surface area contributed by atoms with E-state index in [2.05, 4.69) is 36.8 Å². The third-order valence-electron chi connectivity index (χ3n) is 3.39. The predicted octanol–water partition coefficient (Wildman–Crippen LogP) is 3.96. The molecular weight excluding hydrogens is 440 g/mol. The minimum Gasteiger partial charge on any atom is -0.362 e. The number of nitrogens with one attached hydrogen (secondary N) is 2. The van der Waals surface area contributed by atoms with Gasteiger partial charge in [-0.05, 0) is 39.8 Å². The highest BCUT2D eigenvalue weighted by atomic mass is 79.9. The first-order valence-corrected chi connectivity index (χ1v) is 9.19. The van der Waals surface area contributed by atoms with E-state index < -0.39 is 0 Å². The first-order valence-electron chi connectivity index (χ1n) is 7.61. The van der Waals surface area contributed by atoms with Gasteiger partial charge in [0.15, 0.2) is 10.9 Å². The molecule has 0 aliphatic carbocycles. The van der Waals surface area contributed by atoms with Crippen molar-refractivity contribution in [3.8, 4) is 0 Å². The zero-order valence-corrected chi connectivity index (χ0v) is 17.0. The van der Waals surface area contributed by atoms with Gasteiger partial charge in [-0.15, -0.1) is 0 Å². The minimum absolute atomic E-state index is 0.375. The summed E-state index contributed by atoms with van der Waals surface area (Å²) in [4.78, 5) is 0. The second-order valence-corrected chi connectivity index (χ2v) is 7.05. The second kappa shape index (κ2) is 8.63. The van der Waals surface area contributed by atoms with E-state index in [-0.39, 0.29) is 0 Å². The molecule has 3 rings (SSSR count). The summed E-state index contributed by atoms with van der Waals surface area (Å²) < 4.78 is 9.25. The van der Waals surface area contributed by atoms with Gasteiger partial charge in [0.2, 0.25) is 0 Å². The zero-order valence-electron chi connectivity index (χ0n) is 13.8. The van der Waals surface area contributed by atoms with Gasteiger partial charge in [0.25, 0.3) is 0 Å². The number of aromatic nitrogens is 4. The van der Waals surface area contributed by atoms with E-state index in [1.165, 1.54) is 0 Å². The molecule has 3 aromatic rings. The topological polar surface area (TPSA) is 68.9 Å². The highest BCUT2D eigenvalue weighted by Crippen LogP contribution is 2.22. The Bertz CT molecular complexity index is 912. The van der Waals surface area contributed by atoms with E-state index in [0.29, 0.717) is 29.2 Å². The minimum atomic E-state index is 0.375. The molecule has 0 radical (unpaired) electrons. The van der Waals surface area contributed by atoms with Gasteiger partial charge >= 0.3 is 0 Å². The van der Waals surface area contributed by atoms with Crippen LogP contribution in [0.25, 0.3) is 0 Å². The molecule has 2 heterocycles. The van der Waals surface area contributed by atoms with Crippen LogP contribution >= 0.6 is 39.7 Å². The molecule has 0 unspecified atom stereocenters. The Morgan fingerprint density at radius 1 is 1.27 bits per heavy atom. The van der Waals surface area contributed by atoms with Gasteiger partial charge < -0.3 is 15.4 Å². The second-order valence-electron chi connectivity index (χ2n) is 5.38. The Morgan fingerprint density at radius 2 is 2.08 bits per heavy atom. The number of halogens is 2. The average molecular weight is 456 g/mol. The molecule has 26 heavy (non-hydrogen) atoms. The fraction of sp³-hybridized carbons (Fsp3) is 0.188. The Labute approximate surface area is 169 Å². The summed E-state index contributed by atoms with van der Waals surface area (Å²) in [5.74, 6) is 0.610. The van der Waals surface area contributed by atoms with Crippen molar-refractivity contribution in [2.45, 2.75) is 13.3 Å². The van der Waals surface area contributed by atoms with Gasteiger partial charge in [-0.25, -0.2) is 4.68 Å². The van der Waals surface area contributed by atoms with E-state index in [9.17, 15) is 0 Å². The van der Waals surface area contributed by atoms with Gasteiger partial charge in [-0.3, -0.25) is 4.68 Å². The van der Waals surface area contributed by atoms with Crippen LogP contribution in [0.2, 0.25) is 5.02 Å². The molecular formula is C16H16BrClN6OS. The molecule has 2 aromatic heterocycles. The van der Waals surface area contributed by atoms with Crippen LogP contribution in [0.15, 0.2) is 47.3 Å². The smallest absolute Gasteiger partial charge is 0.176 e. The van der Waals surface area contributed by atoms with Gasteiger partial charge in [-0.1, -0.05) is 29.8 Å². The van der Waals surface area contributed by atoms with Crippen LogP contribution in [0.1, 0.15) is 5.56 Å². The number of methoxy groups -OCH3 is 1. The van der Waals surface area contributed by atoms with E-state index >= 15 is 0 Å². The number of hydrogen-bond donors (Lipinski definition) is 2. The maximum Gasteiger partial charge on any atom is 0.176 e. The number of anilines is 2. The van der Waals surface area contributed by atoms with Crippen LogP contribution in [-0.4, -0.2) is 31.8 Å². The highest BCUT2D eigenvalue weighted by molar-refractivity contribution is 9.10. The standard InChI is InChI=1S/C16H16BrClN6OS/c1-25-10-24-8-12(6-19-24)20-16(26)21-15-13(17)9-23(22-15)7-11-4-2-3-5-14(11)18/h2-6,8-9H,7,10H2,1H3,(H2,20,21,22,26). The van der Waals surface area contributed by atoms with Crippen molar-refractivity contribution in [3.63, 3.8) is 0 Å². The normalized spacial score (nSPS) is 10.7. The third kappa shape index (κ3) is 4.82. The molecule has 1 aromatic carbocycles. The summed E-state index contributed by atoms with van der Waals surface area (Å²) in [5, 5.41) is 15.9. The molecule has 2 N–H and O–H groups in total. The molecule has 0 saturated carbocycles. The van der Waals surface area contributed by atoms with Crippen LogP contribution in [0.5, 0.6) is 0 Å². The number of hydrogen-bond acceptors (Lipinski definition) is 4. The summed E-state index contributed by atoms with van der Waals surface area (Å²) in [7, 11) is 1.61. The largest absolute Gasteiger partial charge is 0.362 e. The summed E-state index contributed by atoms with van der Waals surface area (Å²) in [6.07, 6.45) is 5.32. The van der Waals surface area contributed by atoms with Crippen LogP contribution in [0.4, 0.5) is 11.5 Å². The Morgan fingerprint density at radius 3 is 2.85 bits per heavy atom. The number of benzene rings is 1. The molecule has 10 heteroatoms. The van der Waals surface area contributed by atoms with E-state index in [1.807, 2.05) is 30.5 Å². The fourth-order valence-corrected chi connectivity index (χ4v) is 3.09. The molecule has 136 valence electrons. The zero-order chi connectivity index (χ0) is 18.5.